The first-order valence-corrected chi connectivity index (χ1v) is 8.35. The Labute approximate surface area is 140 Å². The molecule has 0 radical (unpaired) electrons. The Morgan fingerprint density at radius 2 is 1.48 bits per heavy atom. The second-order valence-corrected chi connectivity index (χ2v) is 5.20. The minimum atomic E-state index is -0.727. The first-order chi connectivity index (χ1) is 11.2. The Balaban J connectivity index is 3.55. The van der Waals surface area contributed by atoms with Gasteiger partial charge < -0.3 is 10.2 Å². The Morgan fingerprint density at radius 1 is 0.913 bits per heavy atom. The third-order valence-electron chi connectivity index (χ3n) is 3.08. The molecule has 0 heterocycles. The number of carboxylic acid groups (broad SMARTS) is 1. The number of carbonyl (C=O) groups is 1. The highest BCUT2D eigenvalue weighted by Gasteiger charge is 1.92. The van der Waals surface area contributed by atoms with Gasteiger partial charge in [-0.3, -0.25) is 4.79 Å². The van der Waals surface area contributed by atoms with Crippen molar-refractivity contribution in [2.75, 3.05) is 0 Å². The van der Waals surface area contributed by atoms with E-state index in [1.165, 1.54) is 0 Å². The molecule has 0 aromatic carbocycles. The minimum Gasteiger partial charge on any atom is -0.481 e. The SMILES string of the molecule is CC[C@@H](O)/C=C/C=C\C/C=C\C/C=C\C/C=C\CCCC(=O)O. The van der Waals surface area contributed by atoms with Crippen LogP contribution in [-0.4, -0.2) is 22.3 Å². The summed E-state index contributed by atoms with van der Waals surface area (Å²) in [7, 11) is 0. The van der Waals surface area contributed by atoms with Gasteiger partial charge in [0.05, 0.1) is 6.10 Å². The van der Waals surface area contributed by atoms with Gasteiger partial charge in [0.25, 0.3) is 0 Å². The molecular formula is C20H30O3. The molecule has 128 valence electrons. The number of carboxylic acids is 1. The lowest BCUT2D eigenvalue weighted by Gasteiger charge is -1.95. The Kier molecular flexibility index (Phi) is 15.2. The summed E-state index contributed by atoms with van der Waals surface area (Å²) in [5, 5.41) is 17.8. The van der Waals surface area contributed by atoms with E-state index >= 15 is 0 Å². The van der Waals surface area contributed by atoms with E-state index in [9.17, 15) is 9.90 Å². The van der Waals surface area contributed by atoms with Crippen LogP contribution in [0.25, 0.3) is 0 Å². The van der Waals surface area contributed by atoms with Gasteiger partial charge in [-0.1, -0.05) is 67.7 Å². The van der Waals surface area contributed by atoms with Crippen LogP contribution in [0.15, 0.2) is 60.8 Å². The van der Waals surface area contributed by atoms with Gasteiger partial charge >= 0.3 is 5.97 Å². The summed E-state index contributed by atoms with van der Waals surface area (Å²) < 4.78 is 0. The molecule has 0 spiro atoms. The molecule has 0 fully saturated rings. The molecule has 0 aliphatic heterocycles. The maximum Gasteiger partial charge on any atom is 0.303 e. The van der Waals surface area contributed by atoms with Crippen LogP contribution in [0.2, 0.25) is 0 Å². The second kappa shape index (κ2) is 16.5. The number of unbranched alkanes of at least 4 members (excludes halogenated alkanes) is 1. The predicted molar refractivity (Wildman–Crippen MR) is 97.3 cm³/mol. The van der Waals surface area contributed by atoms with Gasteiger partial charge in [0.2, 0.25) is 0 Å². The van der Waals surface area contributed by atoms with Crippen LogP contribution in [0.1, 0.15) is 51.9 Å². The van der Waals surface area contributed by atoms with E-state index in [4.69, 9.17) is 5.11 Å². The van der Waals surface area contributed by atoms with Crippen LogP contribution in [0.4, 0.5) is 0 Å². The highest BCUT2D eigenvalue weighted by atomic mass is 16.4. The average molecular weight is 318 g/mol. The molecule has 3 heteroatoms. The van der Waals surface area contributed by atoms with E-state index in [0.29, 0.717) is 6.42 Å². The van der Waals surface area contributed by atoms with Crippen molar-refractivity contribution in [3.8, 4) is 0 Å². The summed E-state index contributed by atoms with van der Waals surface area (Å²) in [5.74, 6) is -0.727. The summed E-state index contributed by atoms with van der Waals surface area (Å²) in [6, 6.07) is 0. The quantitative estimate of drug-likeness (QED) is 0.286. The van der Waals surface area contributed by atoms with Crippen molar-refractivity contribution in [3.05, 3.63) is 60.8 Å². The van der Waals surface area contributed by atoms with Crippen LogP contribution >= 0.6 is 0 Å². The number of aliphatic carboxylic acids is 1. The molecule has 2 N–H and O–H groups in total. The van der Waals surface area contributed by atoms with E-state index in [-0.39, 0.29) is 12.5 Å². The normalized spacial score (nSPS) is 14.2. The molecule has 23 heavy (non-hydrogen) atoms. The van der Waals surface area contributed by atoms with Gasteiger partial charge in [-0.05, 0) is 38.5 Å². The standard InChI is InChI=1S/C20H30O3/c1-2-19(21)17-15-13-11-9-7-5-3-4-6-8-10-12-14-16-18-20(22)23/h4-7,10-13,15,17,19,21H,2-3,8-9,14,16,18H2,1H3,(H,22,23)/b6-4-,7-5-,12-10-,13-11-,17-15+/t19-/m1/s1. The Hall–Kier alpha value is -1.87. The number of allylic oxidation sites excluding steroid dienone is 9. The number of aliphatic hydroxyl groups is 1. The van der Waals surface area contributed by atoms with E-state index in [1.807, 2.05) is 25.2 Å². The second-order valence-electron chi connectivity index (χ2n) is 5.20. The van der Waals surface area contributed by atoms with Gasteiger partial charge in [-0.15, -0.1) is 0 Å². The van der Waals surface area contributed by atoms with Crippen molar-refractivity contribution in [2.45, 2.75) is 58.0 Å². The molecule has 0 amide bonds. The fourth-order valence-corrected chi connectivity index (χ4v) is 1.69. The van der Waals surface area contributed by atoms with Crippen molar-refractivity contribution in [2.24, 2.45) is 0 Å². The van der Waals surface area contributed by atoms with Gasteiger partial charge in [0.15, 0.2) is 0 Å². The molecule has 0 aliphatic carbocycles. The highest BCUT2D eigenvalue weighted by Crippen LogP contribution is 1.99. The van der Waals surface area contributed by atoms with Crippen molar-refractivity contribution in [1.29, 1.82) is 0 Å². The third kappa shape index (κ3) is 18.1. The molecule has 0 rings (SSSR count). The summed E-state index contributed by atoms with van der Waals surface area (Å²) in [4.78, 5) is 10.3. The topological polar surface area (TPSA) is 57.5 Å². The van der Waals surface area contributed by atoms with Crippen molar-refractivity contribution in [1.82, 2.24) is 0 Å². The van der Waals surface area contributed by atoms with Crippen LogP contribution in [0.5, 0.6) is 0 Å². The lowest BCUT2D eigenvalue weighted by atomic mass is 10.2. The Bertz CT molecular complexity index is 428. The van der Waals surface area contributed by atoms with E-state index in [0.717, 1.165) is 32.1 Å². The van der Waals surface area contributed by atoms with Crippen molar-refractivity contribution in [3.63, 3.8) is 0 Å². The van der Waals surface area contributed by atoms with Crippen LogP contribution < -0.4 is 0 Å². The summed E-state index contributed by atoms with van der Waals surface area (Å²) in [5.41, 5.74) is 0. The average Bonchev–Trinajstić information content (AvgIpc) is 2.53. The van der Waals surface area contributed by atoms with Gasteiger partial charge in [0, 0.05) is 6.42 Å². The molecular weight excluding hydrogens is 288 g/mol. The number of aliphatic hydroxyl groups excluding tert-OH is 1. The van der Waals surface area contributed by atoms with Crippen molar-refractivity contribution < 1.29 is 15.0 Å². The number of hydrogen-bond acceptors (Lipinski definition) is 2. The maximum absolute atomic E-state index is 10.3. The zero-order valence-corrected chi connectivity index (χ0v) is 14.1. The summed E-state index contributed by atoms with van der Waals surface area (Å²) in [6.45, 7) is 1.95. The lowest BCUT2D eigenvalue weighted by Crippen LogP contribution is -1.97. The van der Waals surface area contributed by atoms with E-state index < -0.39 is 5.97 Å². The highest BCUT2D eigenvalue weighted by molar-refractivity contribution is 5.66. The fourth-order valence-electron chi connectivity index (χ4n) is 1.69. The first-order valence-electron chi connectivity index (χ1n) is 8.35. The molecule has 0 aliphatic rings. The molecule has 0 bridgehead atoms. The summed E-state index contributed by atoms with van der Waals surface area (Å²) in [6.07, 6.45) is 25.2. The van der Waals surface area contributed by atoms with Gasteiger partial charge in [0.1, 0.15) is 0 Å². The minimum absolute atomic E-state index is 0.244. The largest absolute Gasteiger partial charge is 0.481 e. The smallest absolute Gasteiger partial charge is 0.303 e. The van der Waals surface area contributed by atoms with Crippen molar-refractivity contribution >= 4 is 5.97 Å². The molecule has 0 saturated carbocycles. The first kappa shape index (κ1) is 21.1. The molecule has 0 saturated heterocycles. The fraction of sp³-hybridized carbons (Fsp3) is 0.450. The lowest BCUT2D eigenvalue weighted by molar-refractivity contribution is -0.137. The molecule has 0 aromatic rings. The van der Waals surface area contributed by atoms with E-state index in [2.05, 4.69) is 36.5 Å². The zero-order chi connectivity index (χ0) is 17.2. The number of hydrogen-bond donors (Lipinski definition) is 2. The van der Waals surface area contributed by atoms with Gasteiger partial charge in [-0.25, -0.2) is 0 Å². The van der Waals surface area contributed by atoms with Crippen LogP contribution in [0, 0.1) is 0 Å². The Morgan fingerprint density at radius 3 is 2.04 bits per heavy atom. The predicted octanol–water partition coefficient (Wildman–Crippen LogP) is 4.96. The van der Waals surface area contributed by atoms with E-state index in [1.54, 1.807) is 6.08 Å². The maximum atomic E-state index is 10.3. The molecule has 0 unspecified atom stereocenters. The monoisotopic (exact) mass is 318 g/mol. The van der Waals surface area contributed by atoms with Crippen LogP contribution in [0.3, 0.4) is 0 Å². The molecule has 1 atom stereocenters. The third-order valence-corrected chi connectivity index (χ3v) is 3.08. The zero-order valence-electron chi connectivity index (χ0n) is 14.1. The van der Waals surface area contributed by atoms with Crippen LogP contribution in [-0.2, 0) is 4.79 Å². The van der Waals surface area contributed by atoms with Gasteiger partial charge in [-0.2, -0.15) is 0 Å². The molecule has 3 nitrogen and oxygen atoms in total. The molecule has 0 aromatic heterocycles. The number of rotatable bonds is 13. The summed E-state index contributed by atoms with van der Waals surface area (Å²) >= 11 is 0.